The molecule has 0 saturated heterocycles. The smallest absolute Gasteiger partial charge is 0.431 e. The van der Waals surface area contributed by atoms with Crippen LogP contribution < -0.4 is 8.92 Å². The van der Waals surface area contributed by atoms with E-state index in [4.69, 9.17) is 15.3 Å². The molecule has 0 N–H and O–H groups in total. The summed E-state index contributed by atoms with van der Waals surface area (Å²) in [6.45, 7) is 0.318. The number of benzene rings is 2. The molecule has 0 atom stereocenters. The fraction of sp³-hybridized carbons (Fsp3) is 0.100. The summed E-state index contributed by atoms with van der Waals surface area (Å²) in [4.78, 5) is 4.53. The van der Waals surface area contributed by atoms with Crippen molar-refractivity contribution in [3.63, 3.8) is 0 Å². The molecule has 0 fully saturated rings. The fourth-order valence-corrected chi connectivity index (χ4v) is 3.68. The molecule has 2 aromatic heterocycles. The van der Waals surface area contributed by atoms with Gasteiger partial charge in [-0.3, -0.25) is 0 Å². The van der Waals surface area contributed by atoms with E-state index in [1.807, 2.05) is 28.8 Å². The molecule has 0 aliphatic carbocycles. The zero-order valence-electron chi connectivity index (χ0n) is 16.3. The number of aromatic nitrogens is 6. The van der Waals surface area contributed by atoms with Gasteiger partial charge in [-0.05, 0) is 46.8 Å². The van der Waals surface area contributed by atoms with Crippen molar-refractivity contribution >= 4 is 10.3 Å². The summed E-state index contributed by atoms with van der Waals surface area (Å²) in [7, 11) is -2.59. The number of imidazole rings is 1. The van der Waals surface area contributed by atoms with E-state index < -0.39 is 10.3 Å². The Hall–Kier alpha value is -4.17. The summed E-state index contributed by atoms with van der Waals surface area (Å²) in [6.07, 6.45) is 8.11. The average Bonchev–Trinajstić information content (AvgIpc) is 3.45. The van der Waals surface area contributed by atoms with Gasteiger partial charge < -0.3 is 13.5 Å². The largest absolute Gasteiger partial charge is 0.497 e. The van der Waals surface area contributed by atoms with Crippen LogP contribution in [0.3, 0.4) is 0 Å². The third-order valence-corrected chi connectivity index (χ3v) is 5.36. The van der Waals surface area contributed by atoms with Crippen LogP contribution in [0.4, 0.5) is 0 Å². The molecule has 156 valence electrons. The molecule has 0 unspecified atom stereocenters. The zero-order chi connectivity index (χ0) is 21.8. The molecule has 31 heavy (non-hydrogen) atoms. The second kappa shape index (κ2) is 8.29. The van der Waals surface area contributed by atoms with Crippen LogP contribution in [0.15, 0.2) is 61.2 Å². The lowest BCUT2D eigenvalue weighted by Crippen LogP contribution is -2.19. The fourth-order valence-electron chi connectivity index (χ4n) is 2.97. The predicted molar refractivity (Wildman–Crippen MR) is 111 cm³/mol. The van der Waals surface area contributed by atoms with Gasteiger partial charge in [0.05, 0.1) is 31.4 Å². The summed E-state index contributed by atoms with van der Waals surface area (Å²) in [6, 6.07) is 14.0. The van der Waals surface area contributed by atoms with E-state index >= 15 is 0 Å². The van der Waals surface area contributed by atoms with E-state index in [2.05, 4.69) is 26.4 Å². The van der Waals surface area contributed by atoms with Gasteiger partial charge in [0, 0.05) is 11.1 Å². The van der Waals surface area contributed by atoms with Crippen molar-refractivity contribution in [3.8, 4) is 46.4 Å². The van der Waals surface area contributed by atoms with E-state index in [0.29, 0.717) is 22.1 Å². The highest BCUT2D eigenvalue weighted by Crippen LogP contribution is 2.33. The molecule has 0 aliphatic rings. The van der Waals surface area contributed by atoms with E-state index in [-0.39, 0.29) is 5.75 Å². The third-order valence-electron chi connectivity index (χ3n) is 4.33. The Kier molecular flexibility index (Phi) is 5.38. The monoisotopic (exact) mass is 436 g/mol. The topological polar surface area (TPSA) is 114 Å². The van der Waals surface area contributed by atoms with Crippen molar-refractivity contribution in [2.24, 2.45) is 0 Å². The molecule has 0 aliphatic heterocycles. The summed E-state index contributed by atoms with van der Waals surface area (Å²) < 4.78 is 37.1. The number of methoxy groups -OCH3 is 1. The van der Waals surface area contributed by atoms with Crippen LogP contribution in [-0.2, 0) is 16.8 Å². The maximum Gasteiger partial charge on any atom is 0.431 e. The molecule has 11 heteroatoms. The highest BCUT2D eigenvalue weighted by atomic mass is 32.2. The van der Waals surface area contributed by atoms with Crippen molar-refractivity contribution in [3.05, 3.63) is 61.2 Å². The molecule has 4 aromatic rings. The van der Waals surface area contributed by atoms with Crippen LogP contribution in [0.1, 0.15) is 0 Å². The first-order chi connectivity index (χ1) is 15.0. The van der Waals surface area contributed by atoms with Gasteiger partial charge in [-0.25, -0.2) is 4.98 Å². The second-order valence-electron chi connectivity index (χ2n) is 6.25. The summed E-state index contributed by atoms with van der Waals surface area (Å²) in [5, 5.41) is 9.92. The van der Waals surface area contributed by atoms with Crippen LogP contribution >= 0.6 is 0 Å². The number of nitrogens with zero attached hydrogens (tertiary/aromatic N) is 6. The summed E-state index contributed by atoms with van der Waals surface area (Å²) in [5.74, 6) is 3.41. The average molecular weight is 436 g/mol. The van der Waals surface area contributed by atoms with Crippen molar-refractivity contribution < 1.29 is 17.3 Å². The van der Waals surface area contributed by atoms with Crippen molar-refractivity contribution in [1.82, 2.24) is 29.2 Å². The summed E-state index contributed by atoms with van der Waals surface area (Å²) >= 11 is 0. The third kappa shape index (κ3) is 4.10. The minimum atomic E-state index is -4.19. The van der Waals surface area contributed by atoms with E-state index in [1.165, 1.54) is 12.1 Å². The van der Waals surface area contributed by atoms with Crippen molar-refractivity contribution in [2.45, 2.75) is 6.54 Å². The van der Waals surface area contributed by atoms with E-state index in [9.17, 15) is 8.42 Å². The minimum Gasteiger partial charge on any atom is -0.497 e. The minimum absolute atomic E-state index is 0.102. The Labute approximate surface area is 178 Å². The molecule has 0 saturated carbocycles. The van der Waals surface area contributed by atoms with Crippen LogP contribution in [0, 0.1) is 12.3 Å². The Morgan fingerprint density at radius 2 is 1.87 bits per heavy atom. The standard InChI is InChI=1S/C20H16N6O4S/c1-3-11-25-13-21-19(16-5-4-6-18(12-16)29-2)20(25)15-7-9-17(10-8-15)30-31(27,28)26-14-22-23-24-26/h1,4-10,12-14H,11H2,2H3. The summed E-state index contributed by atoms with van der Waals surface area (Å²) in [5.41, 5.74) is 3.12. The highest BCUT2D eigenvalue weighted by molar-refractivity contribution is 7.85. The van der Waals surface area contributed by atoms with Gasteiger partial charge in [0.1, 0.15) is 11.5 Å². The van der Waals surface area contributed by atoms with Crippen LogP contribution in [0.5, 0.6) is 11.5 Å². The molecule has 0 spiro atoms. The molecule has 2 aromatic carbocycles. The van der Waals surface area contributed by atoms with Crippen molar-refractivity contribution in [1.29, 1.82) is 0 Å². The first-order valence-electron chi connectivity index (χ1n) is 8.93. The normalized spacial score (nSPS) is 11.1. The van der Waals surface area contributed by atoms with Crippen molar-refractivity contribution in [2.75, 3.05) is 7.11 Å². The van der Waals surface area contributed by atoms with Crippen LogP contribution in [-0.4, -0.2) is 44.7 Å². The van der Waals surface area contributed by atoms with E-state index in [0.717, 1.165) is 23.1 Å². The molecule has 0 amide bonds. The Morgan fingerprint density at radius 1 is 1.06 bits per heavy atom. The van der Waals surface area contributed by atoms with Gasteiger partial charge in [0.15, 0.2) is 6.33 Å². The molecular weight excluding hydrogens is 420 g/mol. The Morgan fingerprint density at radius 3 is 2.55 bits per heavy atom. The number of tetrazole rings is 1. The molecule has 4 rings (SSSR count). The van der Waals surface area contributed by atoms with Gasteiger partial charge in [-0.1, -0.05) is 22.1 Å². The Balaban J connectivity index is 1.70. The van der Waals surface area contributed by atoms with Gasteiger partial charge in [-0.15, -0.1) is 11.5 Å². The maximum absolute atomic E-state index is 12.2. The maximum atomic E-state index is 12.2. The number of hydrogen-bond donors (Lipinski definition) is 0. The Bertz CT molecular complexity index is 1340. The highest BCUT2D eigenvalue weighted by Gasteiger charge is 2.19. The molecule has 2 heterocycles. The first-order valence-corrected chi connectivity index (χ1v) is 10.3. The zero-order valence-corrected chi connectivity index (χ0v) is 17.1. The molecule has 0 radical (unpaired) electrons. The number of ether oxygens (including phenoxy) is 1. The van der Waals surface area contributed by atoms with Gasteiger partial charge in [-0.2, -0.15) is 8.42 Å². The SMILES string of the molecule is C#CCn1cnc(-c2cccc(OC)c2)c1-c1ccc(OS(=O)(=O)n2cnnn2)cc1. The molecule has 10 nitrogen and oxygen atoms in total. The lowest BCUT2D eigenvalue weighted by Gasteiger charge is -2.10. The van der Waals surface area contributed by atoms with Crippen LogP contribution in [0.25, 0.3) is 22.5 Å². The molecular formula is C20H16N6O4S. The first kappa shape index (κ1) is 20.1. The van der Waals surface area contributed by atoms with E-state index in [1.54, 1.807) is 25.6 Å². The van der Waals surface area contributed by atoms with Crippen LogP contribution in [0.2, 0.25) is 0 Å². The van der Waals surface area contributed by atoms with Gasteiger partial charge in [0.2, 0.25) is 0 Å². The van der Waals surface area contributed by atoms with Gasteiger partial charge >= 0.3 is 10.3 Å². The lowest BCUT2D eigenvalue weighted by atomic mass is 10.0. The number of rotatable bonds is 7. The quantitative estimate of drug-likeness (QED) is 0.404. The van der Waals surface area contributed by atoms with Gasteiger partial charge in [0.25, 0.3) is 0 Å². The lowest BCUT2D eigenvalue weighted by molar-refractivity contribution is 0.415. The molecule has 0 bridgehead atoms. The number of hydrogen-bond acceptors (Lipinski definition) is 8. The number of terminal acetylenes is 1. The second-order valence-corrected chi connectivity index (χ2v) is 7.65. The predicted octanol–water partition coefficient (Wildman–Crippen LogP) is 2.02.